The first-order chi connectivity index (χ1) is 8.07. The number of nitrogens with zero attached hydrogens (tertiary/aromatic N) is 1. The van der Waals surface area contributed by atoms with E-state index in [0.717, 1.165) is 19.3 Å². The molecule has 0 spiro atoms. The molecule has 0 aliphatic carbocycles. The molecule has 0 saturated carbocycles. The van der Waals surface area contributed by atoms with Crippen molar-refractivity contribution in [3.8, 4) is 0 Å². The second-order valence-electron chi connectivity index (χ2n) is 4.25. The first-order valence-electron chi connectivity index (χ1n) is 5.33. The standard InChI is InChI=1S/C11H14FN3O2/c1-11(6-13-7-11)17-5-10(16)15-9-3-2-8(12)4-14-9/h2-4,13H,5-7H2,1H3,(H,14,15,16). The summed E-state index contributed by atoms with van der Waals surface area (Å²) in [5, 5.41) is 5.60. The van der Waals surface area contributed by atoms with Crippen molar-refractivity contribution in [2.45, 2.75) is 12.5 Å². The van der Waals surface area contributed by atoms with Crippen LogP contribution in [0.2, 0.25) is 0 Å². The fourth-order valence-electron chi connectivity index (χ4n) is 1.45. The number of rotatable bonds is 4. The first-order valence-corrected chi connectivity index (χ1v) is 5.33. The molecule has 0 aromatic carbocycles. The van der Waals surface area contributed by atoms with E-state index in [-0.39, 0.29) is 18.1 Å². The maximum absolute atomic E-state index is 12.6. The van der Waals surface area contributed by atoms with Gasteiger partial charge in [0.15, 0.2) is 0 Å². The lowest BCUT2D eigenvalue weighted by Crippen LogP contribution is -2.59. The molecule has 1 aliphatic rings. The summed E-state index contributed by atoms with van der Waals surface area (Å²) in [6.45, 7) is 3.40. The Hall–Kier alpha value is -1.53. The number of halogens is 1. The van der Waals surface area contributed by atoms with Crippen LogP contribution in [0.25, 0.3) is 0 Å². The third-order valence-corrected chi connectivity index (χ3v) is 2.54. The molecule has 1 aliphatic heterocycles. The Labute approximate surface area is 98.4 Å². The summed E-state index contributed by atoms with van der Waals surface area (Å²) in [5.41, 5.74) is -0.256. The highest BCUT2D eigenvalue weighted by Crippen LogP contribution is 2.14. The van der Waals surface area contributed by atoms with E-state index in [1.807, 2.05) is 6.92 Å². The highest BCUT2D eigenvalue weighted by atomic mass is 19.1. The summed E-state index contributed by atoms with van der Waals surface area (Å²) >= 11 is 0. The summed E-state index contributed by atoms with van der Waals surface area (Å²) in [7, 11) is 0. The van der Waals surface area contributed by atoms with Crippen LogP contribution in [0.15, 0.2) is 18.3 Å². The van der Waals surface area contributed by atoms with Crippen LogP contribution in [0.5, 0.6) is 0 Å². The molecular formula is C11H14FN3O2. The number of nitrogens with one attached hydrogen (secondary N) is 2. The number of ether oxygens (including phenoxy) is 1. The number of aromatic nitrogens is 1. The minimum absolute atomic E-state index is 0.0305. The lowest BCUT2D eigenvalue weighted by atomic mass is 10.0. The van der Waals surface area contributed by atoms with E-state index in [4.69, 9.17) is 4.74 Å². The number of carbonyl (C=O) groups is 1. The van der Waals surface area contributed by atoms with E-state index in [1.165, 1.54) is 12.1 Å². The quantitative estimate of drug-likeness (QED) is 0.805. The van der Waals surface area contributed by atoms with Crippen molar-refractivity contribution in [1.29, 1.82) is 0 Å². The first kappa shape index (κ1) is 11.9. The highest BCUT2D eigenvalue weighted by molar-refractivity contribution is 5.90. The van der Waals surface area contributed by atoms with E-state index in [1.54, 1.807) is 0 Å². The second-order valence-corrected chi connectivity index (χ2v) is 4.25. The minimum Gasteiger partial charge on any atom is -0.363 e. The van der Waals surface area contributed by atoms with Crippen molar-refractivity contribution >= 4 is 11.7 Å². The van der Waals surface area contributed by atoms with E-state index < -0.39 is 5.82 Å². The average Bonchev–Trinajstić information content (AvgIpc) is 2.27. The molecule has 2 N–H and O–H groups in total. The second kappa shape index (κ2) is 4.77. The summed E-state index contributed by atoms with van der Waals surface area (Å²) in [4.78, 5) is 15.2. The molecule has 1 aromatic rings. The molecule has 92 valence electrons. The molecule has 6 heteroatoms. The van der Waals surface area contributed by atoms with E-state index in [2.05, 4.69) is 15.6 Å². The predicted octanol–water partition coefficient (Wildman–Crippen LogP) is 0.538. The third-order valence-electron chi connectivity index (χ3n) is 2.54. The smallest absolute Gasteiger partial charge is 0.251 e. The van der Waals surface area contributed by atoms with Gasteiger partial charge in [0.2, 0.25) is 0 Å². The van der Waals surface area contributed by atoms with E-state index in [9.17, 15) is 9.18 Å². The van der Waals surface area contributed by atoms with Crippen molar-refractivity contribution in [2.24, 2.45) is 0 Å². The Kier molecular flexibility index (Phi) is 3.35. The van der Waals surface area contributed by atoms with Crippen molar-refractivity contribution in [1.82, 2.24) is 10.3 Å². The lowest BCUT2D eigenvalue weighted by Gasteiger charge is -2.38. The van der Waals surface area contributed by atoms with Gasteiger partial charge in [-0.3, -0.25) is 4.79 Å². The maximum atomic E-state index is 12.6. The summed E-state index contributed by atoms with van der Waals surface area (Å²) in [6.07, 6.45) is 1.05. The zero-order valence-corrected chi connectivity index (χ0v) is 9.50. The van der Waals surface area contributed by atoms with Gasteiger partial charge in [0, 0.05) is 13.1 Å². The van der Waals surface area contributed by atoms with E-state index >= 15 is 0 Å². The minimum atomic E-state index is -0.438. The molecule has 2 rings (SSSR count). The van der Waals surface area contributed by atoms with Crippen LogP contribution in [0, 0.1) is 5.82 Å². The van der Waals surface area contributed by atoms with Gasteiger partial charge in [-0.15, -0.1) is 0 Å². The van der Waals surface area contributed by atoms with E-state index in [0.29, 0.717) is 5.82 Å². The van der Waals surface area contributed by atoms with Gasteiger partial charge in [0.25, 0.3) is 5.91 Å². The maximum Gasteiger partial charge on any atom is 0.251 e. The van der Waals surface area contributed by atoms with Gasteiger partial charge < -0.3 is 15.4 Å². The zero-order valence-electron chi connectivity index (χ0n) is 9.50. The lowest BCUT2D eigenvalue weighted by molar-refractivity contribution is -0.130. The van der Waals surface area contributed by atoms with Crippen LogP contribution in [-0.2, 0) is 9.53 Å². The molecule has 0 bridgehead atoms. The number of amides is 1. The monoisotopic (exact) mass is 239 g/mol. The Morgan fingerprint density at radius 3 is 2.94 bits per heavy atom. The Morgan fingerprint density at radius 1 is 1.65 bits per heavy atom. The predicted molar refractivity (Wildman–Crippen MR) is 60.1 cm³/mol. The molecule has 5 nitrogen and oxygen atoms in total. The van der Waals surface area contributed by atoms with Crippen LogP contribution in [0.4, 0.5) is 10.2 Å². The van der Waals surface area contributed by atoms with Gasteiger partial charge in [-0.05, 0) is 19.1 Å². The van der Waals surface area contributed by atoms with Gasteiger partial charge in [-0.1, -0.05) is 0 Å². The van der Waals surface area contributed by atoms with Gasteiger partial charge in [-0.2, -0.15) is 0 Å². The molecule has 1 saturated heterocycles. The molecule has 2 heterocycles. The van der Waals surface area contributed by atoms with Gasteiger partial charge >= 0.3 is 0 Å². The SMILES string of the molecule is CC1(OCC(=O)Nc2ccc(F)cn2)CNC1. The largest absolute Gasteiger partial charge is 0.363 e. The molecular weight excluding hydrogens is 225 g/mol. The topological polar surface area (TPSA) is 63.2 Å². The number of anilines is 1. The molecule has 0 radical (unpaired) electrons. The highest BCUT2D eigenvalue weighted by Gasteiger charge is 2.32. The van der Waals surface area contributed by atoms with Gasteiger partial charge in [-0.25, -0.2) is 9.37 Å². The number of carbonyl (C=O) groups excluding carboxylic acids is 1. The van der Waals surface area contributed by atoms with Crippen LogP contribution in [-0.4, -0.2) is 36.2 Å². The fourth-order valence-corrected chi connectivity index (χ4v) is 1.45. The Bertz CT molecular complexity index is 404. The van der Waals surface area contributed by atoms with Crippen molar-refractivity contribution in [3.63, 3.8) is 0 Å². The van der Waals surface area contributed by atoms with Crippen molar-refractivity contribution in [2.75, 3.05) is 25.0 Å². The molecule has 1 fully saturated rings. The van der Waals surface area contributed by atoms with Crippen molar-refractivity contribution < 1.29 is 13.9 Å². The molecule has 0 unspecified atom stereocenters. The van der Waals surface area contributed by atoms with Crippen LogP contribution < -0.4 is 10.6 Å². The Morgan fingerprint density at radius 2 is 2.41 bits per heavy atom. The summed E-state index contributed by atoms with van der Waals surface area (Å²) in [6, 6.07) is 2.64. The Balaban J connectivity index is 1.79. The summed E-state index contributed by atoms with van der Waals surface area (Å²) in [5.74, 6) is -0.415. The van der Waals surface area contributed by atoms with Crippen LogP contribution >= 0.6 is 0 Å². The fraction of sp³-hybridized carbons (Fsp3) is 0.455. The number of pyridine rings is 1. The molecule has 1 amide bonds. The van der Waals surface area contributed by atoms with Crippen LogP contribution in [0.3, 0.4) is 0 Å². The van der Waals surface area contributed by atoms with Crippen LogP contribution in [0.1, 0.15) is 6.92 Å². The molecule has 1 aromatic heterocycles. The number of hydrogen-bond donors (Lipinski definition) is 2. The average molecular weight is 239 g/mol. The normalized spacial score (nSPS) is 17.3. The zero-order chi connectivity index (χ0) is 12.3. The van der Waals surface area contributed by atoms with Gasteiger partial charge in [0.05, 0.1) is 11.8 Å². The van der Waals surface area contributed by atoms with Crippen molar-refractivity contribution in [3.05, 3.63) is 24.1 Å². The number of hydrogen-bond acceptors (Lipinski definition) is 4. The molecule has 0 atom stereocenters. The summed E-state index contributed by atoms with van der Waals surface area (Å²) < 4.78 is 18.0. The third kappa shape index (κ3) is 3.21. The van der Waals surface area contributed by atoms with Gasteiger partial charge in [0.1, 0.15) is 18.2 Å². The molecule has 17 heavy (non-hydrogen) atoms.